The van der Waals surface area contributed by atoms with E-state index in [0.717, 1.165) is 38.0 Å². The van der Waals surface area contributed by atoms with Gasteiger partial charge in [0.05, 0.1) is 11.4 Å². The predicted octanol–water partition coefficient (Wildman–Crippen LogP) is 2.12. The average Bonchev–Trinajstić information content (AvgIpc) is 2.68. The summed E-state index contributed by atoms with van der Waals surface area (Å²) in [4.78, 5) is 41.1. The third kappa shape index (κ3) is 4.22. The molecule has 8 heteroatoms. The summed E-state index contributed by atoms with van der Waals surface area (Å²) in [6.45, 7) is 1.72. The van der Waals surface area contributed by atoms with Crippen LogP contribution in [0, 0.1) is 0 Å². The van der Waals surface area contributed by atoms with Crippen LogP contribution in [0.15, 0.2) is 36.5 Å². The van der Waals surface area contributed by atoms with E-state index in [1.54, 1.807) is 18.2 Å². The molecule has 4 N–H and O–H groups in total. The number of anilines is 2. The van der Waals surface area contributed by atoms with Gasteiger partial charge in [0.1, 0.15) is 5.69 Å². The summed E-state index contributed by atoms with van der Waals surface area (Å²) < 4.78 is 0. The van der Waals surface area contributed by atoms with Gasteiger partial charge in [0.15, 0.2) is 0 Å². The van der Waals surface area contributed by atoms with Gasteiger partial charge in [-0.25, -0.2) is 9.78 Å². The third-order valence-corrected chi connectivity index (χ3v) is 4.47. The van der Waals surface area contributed by atoms with Crippen molar-refractivity contribution in [2.45, 2.75) is 19.3 Å². The number of carbonyl (C=O) groups is 3. The van der Waals surface area contributed by atoms with Crippen LogP contribution in [-0.4, -0.2) is 41.0 Å². The molecule has 140 valence electrons. The molecule has 2 aromatic rings. The zero-order valence-corrected chi connectivity index (χ0v) is 14.6. The maximum Gasteiger partial charge on any atom is 0.354 e. The second-order valence-corrected chi connectivity index (χ2v) is 6.33. The van der Waals surface area contributed by atoms with Crippen molar-refractivity contribution in [2.75, 3.05) is 23.3 Å². The molecule has 1 aromatic heterocycles. The maximum atomic E-state index is 12.6. The number of nitrogens with two attached hydrogens (primary N) is 1. The summed E-state index contributed by atoms with van der Waals surface area (Å²) >= 11 is 0. The molecule has 8 nitrogen and oxygen atoms in total. The smallest absolute Gasteiger partial charge is 0.354 e. The number of aromatic carboxylic acids is 1. The van der Waals surface area contributed by atoms with E-state index in [4.69, 9.17) is 10.8 Å². The van der Waals surface area contributed by atoms with Crippen LogP contribution in [0.3, 0.4) is 0 Å². The van der Waals surface area contributed by atoms with Crippen molar-refractivity contribution in [2.24, 2.45) is 5.73 Å². The minimum Gasteiger partial charge on any atom is -0.477 e. The Morgan fingerprint density at radius 2 is 1.78 bits per heavy atom. The molecular weight excluding hydrogens is 348 g/mol. The minimum atomic E-state index is -1.21. The van der Waals surface area contributed by atoms with Crippen molar-refractivity contribution in [1.82, 2.24) is 4.98 Å². The van der Waals surface area contributed by atoms with E-state index in [9.17, 15) is 14.4 Å². The SMILES string of the molecule is NC(=O)c1ccc(N2CCCCC2)c(NC(=O)c2ccnc(C(=O)O)c2)c1. The lowest BCUT2D eigenvalue weighted by atomic mass is 10.1. The molecule has 0 spiro atoms. The van der Waals surface area contributed by atoms with E-state index < -0.39 is 17.8 Å². The van der Waals surface area contributed by atoms with Gasteiger partial charge < -0.3 is 21.1 Å². The fourth-order valence-corrected chi connectivity index (χ4v) is 3.08. The van der Waals surface area contributed by atoms with Crippen LogP contribution >= 0.6 is 0 Å². The first-order chi connectivity index (χ1) is 13.0. The van der Waals surface area contributed by atoms with E-state index in [2.05, 4.69) is 15.2 Å². The monoisotopic (exact) mass is 368 g/mol. The minimum absolute atomic E-state index is 0.163. The molecule has 0 saturated carbocycles. The summed E-state index contributed by atoms with van der Waals surface area (Å²) in [6.07, 6.45) is 4.53. The van der Waals surface area contributed by atoms with Crippen molar-refractivity contribution >= 4 is 29.2 Å². The lowest BCUT2D eigenvalue weighted by molar-refractivity contribution is 0.0690. The number of nitrogens with zero attached hydrogens (tertiary/aromatic N) is 2. The molecule has 0 unspecified atom stereocenters. The van der Waals surface area contributed by atoms with Gasteiger partial charge in [-0.1, -0.05) is 0 Å². The van der Waals surface area contributed by atoms with Crippen molar-refractivity contribution in [3.05, 3.63) is 53.3 Å². The van der Waals surface area contributed by atoms with Crippen molar-refractivity contribution in [1.29, 1.82) is 0 Å². The highest BCUT2D eigenvalue weighted by Crippen LogP contribution is 2.30. The van der Waals surface area contributed by atoms with Crippen LogP contribution in [0.4, 0.5) is 11.4 Å². The Hall–Kier alpha value is -3.42. The largest absolute Gasteiger partial charge is 0.477 e. The molecule has 1 fully saturated rings. The van der Waals surface area contributed by atoms with Crippen molar-refractivity contribution in [3.63, 3.8) is 0 Å². The van der Waals surface area contributed by atoms with Gasteiger partial charge in [-0.2, -0.15) is 0 Å². The second-order valence-electron chi connectivity index (χ2n) is 6.33. The summed E-state index contributed by atoms with van der Waals surface area (Å²) in [5.41, 5.74) is 6.87. The fraction of sp³-hybridized carbons (Fsp3) is 0.263. The molecule has 0 radical (unpaired) electrons. The Morgan fingerprint density at radius 3 is 2.44 bits per heavy atom. The zero-order valence-electron chi connectivity index (χ0n) is 14.6. The number of hydrogen-bond acceptors (Lipinski definition) is 5. The van der Waals surface area contributed by atoms with Crippen LogP contribution in [0.5, 0.6) is 0 Å². The Bertz CT molecular complexity index is 891. The number of rotatable bonds is 5. The predicted molar refractivity (Wildman–Crippen MR) is 100 cm³/mol. The average molecular weight is 368 g/mol. The van der Waals surface area contributed by atoms with Gasteiger partial charge in [-0.3, -0.25) is 9.59 Å². The van der Waals surface area contributed by atoms with Gasteiger partial charge in [0.25, 0.3) is 5.91 Å². The molecule has 2 amide bonds. The number of primary amides is 1. The van der Waals surface area contributed by atoms with Gasteiger partial charge in [-0.05, 0) is 49.6 Å². The number of benzene rings is 1. The van der Waals surface area contributed by atoms with E-state index in [-0.39, 0.29) is 16.8 Å². The summed E-state index contributed by atoms with van der Waals surface area (Å²) in [5.74, 6) is -2.29. The topological polar surface area (TPSA) is 126 Å². The highest BCUT2D eigenvalue weighted by molar-refractivity contribution is 6.07. The van der Waals surface area contributed by atoms with Crippen LogP contribution in [0.25, 0.3) is 0 Å². The van der Waals surface area contributed by atoms with Crippen LogP contribution in [-0.2, 0) is 0 Å². The number of hydrogen-bond donors (Lipinski definition) is 3. The fourth-order valence-electron chi connectivity index (χ4n) is 3.08. The third-order valence-electron chi connectivity index (χ3n) is 4.47. The van der Waals surface area contributed by atoms with Gasteiger partial charge in [0, 0.05) is 30.4 Å². The van der Waals surface area contributed by atoms with Crippen LogP contribution in [0.1, 0.15) is 50.5 Å². The number of carboxylic acid groups (broad SMARTS) is 1. The van der Waals surface area contributed by atoms with Gasteiger partial charge in [0.2, 0.25) is 5.91 Å². The quantitative estimate of drug-likeness (QED) is 0.742. The Kier molecular flexibility index (Phi) is 5.35. The normalized spacial score (nSPS) is 13.9. The number of carboxylic acids is 1. The van der Waals surface area contributed by atoms with Crippen LogP contribution in [0.2, 0.25) is 0 Å². The highest BCUT2D eigenvalue weighted by Gasteiger charge is 2.18. The number of nitrogens with one attached hydrogen (secondary N) is 1. The van der Waals surface area contributed by atoms with Crippen LogP contribution < -0.4 is 16.0 Å². The van der Waals surface area contributed by atoms with Crippen molar-refractivity contribution < 1.29 is 19.5 Å². The van der Waals surface area contributed by atoms with Gasteiger partial charge >= 0.3 is 5.97 Å². The number of amides is 2. The van der Waals surface area contributed by atoms with E-state index in [1.807, 2.05) is 0 Å². The number of carbonyl (C=O) groups excluding carboxylic acids is 2. The lowest BCUT2D eigenvalue weighted by Crippen LogP contribution is -2.30. The Morgan fingerprint density at radius 1 is 1.04 bits per heavy atom. The molecular formula is C19H20N4O4. The molecule has 0 aliphatic carbocycles. The highest BCUT2D eigenvalue weighted by atomic mass is 16.4. The number of pyridine rings is 1. The second kappa shape index (κ2) is 7.86. The molecule has 27 heavy (non-hydrogen) atoms. The number of piperidine rings is 1. The number of aromatic nitrogens is 1. The Labute approximate surface area is 156 Å². The first kappa shape index (κ1) is 18.4. The Balaban J connectivity index is 1.92. The van der Waals surface area contributed by atoms with E-state index in [1.165, 1.54) is 18.3 Å². The lowest BCUT2D eigenvalue weighted by Gasteiger charge is -2.30. The summed E-state index contributed by atoms with van der Waals surface area (Å²) in [7, 11) is 0. The van der Waals surface area contributed by atoms with E-state index in [0.29, 0.717) is 5.69 Å². The zero-order chi connectivity index (χ0) is 19.4. The maximum absolute atomic E-state index is 12.6. The summed E-state index contributed by atoms with van der Waals surface area (Å²) in [5, 5.41) is 11.8. The van der Waals surface area contributed by atoms with Crippen molar-refractivity contribution in [3.8, 4) is 0 Å². The molecule has 2 heterocycles. The first-order valence-electron chi connectivity index (χ1n) is 8.65. The van der Waals surface area contributed by atoms with E-state index >= 15 is 0 Å². The van der Waals surface area contributed by atoms with Gasteiger partial charge in [-0.15, -0.1) is 0 Å². The molecule has 3 rings (SSSR count). The summed E-state index contributed by atoms with van der Waals surface area (Å²) in [6, 6.07) is 7.59. The first-order valence-corrected chi connectivity index (χ1v) is 8.65. The molecule has 1 aliphatic rings. The molecule has 1 aromatic carbocycles. The molecule has 1 saturated heterocycles. The molecule has 0 atom stereocenters. The molecule has 1 aliphatic heterocycles. The molecule has 0 bridgehead atoms. The standard InChI is InChI=1S/C19H20N4O4/c20-17(24)12-4-5-16(23-8-2-1-3-9-23)14(10-12)22-18(25)13-6-7-21-15(11-13)19(26)27/h4-7,10-11H,1-3,8-9H2,(H2,20,24)(H,22,25)(H,26,27).